The predicted molar refractivity (Wildman–Crippen MR) is 92.6 cm³/mol. The van der Waals surface area contributed by atoms with Crippen molar-refractivity contribution in [3.05, 3.63) is 30.3 Å². The molecule has 2 aliphatic rings. The second kappa shape index (κ2) is 8.49. The molecule has 0 N–H and O–H groups in total. The number of ether oxygens (including phenoxy) is 1. The number of benzene rings is 1. The van der Waals surface area contributed by atoms with E-state index >= 15 is 0 Å². The summed E-state index contributed by atoms with van der Waals surface area (Å²) in [5, 5.41) is 1.98. The van der Waals surface area contributed by atoms with Crippen molar-refractivity contribution in [3.8, 4) is 5.75 Å². The molecule has 2 heterocycles. The van der Waals surface area contributed by atoms with Crippen LogP contribution < -0.4 is 4.74 Å². The second-order valence-corrected chi connectivity index (χ2v) is 6.77. The van der Waals surface area contributed by atoms with Crippen molar-refractivity contribution < 1.29 is 14.4 Å². The highest BCUT2D eigenvalue weighted by Gasteiger charge is 2.31. The predicted octanol–water partition coefficient (Wildman–Crippen LogP) is 2.72. The molecule has 132 valence electrons. The molecule has 1 aromatic rings. The summed E-state index contributed by atoms with van der Waals surface area (Å²) >= 11 is 0. The van der Waals surface area contributed by atoms with Gasteiger partial charge in [-0.05, 0) is 43.7 Å². The van der Waals surface area contributed by atoms with Gasteiger partial charge < -0.3 is 14.5 Å². The number of piperidine rings is 1. The van der Waals surface area contributed by atoms with Gasteiger partial charge in [-0.25, -0.2) is 0 Å². The first-order valence-corrected chi connectivity index (χ1v) is 9.02. The van der Waals surface area contributed by atoms with Crippen LogP contribution in [-0.4, -0.2) is 55.3 Å². The summed E-state index contributed by atoms with van der Waals surface area (Å²) in [5.41, 5.74) is 0. The Morgan fingerprint density at radius 1 is 1.12 bits per heavy atom. The lowest BCUT2D eigenvalue weighted by atomic mass is 9.94. The topological polar surface area (TPSA) is 42.0 Å². The van der Waals surface area contributed by atoms with Crippen LogP contribution in [0.2, 0.25) is 0 Å². The van der Waals surface area contributed by atoms with Gasteiger partial charge >= 0.3 is 0 Å². The molecule has 3 rings (SSSR count). The van der Waals surface area contributed by atoms with E-state index in [1.165, 1.54) is 0 Å². The third-order valence-corrected chi connectivity index (χ3v) is 5.18. The van der Waals surface area contributed by atoms with Gasteiger partial charge in [0.2, 0.25) is 5.91 Å². The minimum atomic E-state index is 0.219. The van der Waals surface area contributed by atoms with Gasteiger partial charge in [0, 0.05) is 26.1 Å². The molecular weight excluding hydrogens is 304 g/mol. The van der Waals surface area contributed by atoms with Crippen LogP contribution in [0.25, 0.3) is 0 Å². The summed E-state index contributed by atoms with van der Waals surface area (Å²) in [6, 6.07) is 10.1. The monoisotopic (exact) mass is 332 g/mol. The van der Waals surface area contributed by atoms with Gasteiger partial charge in [0.05, 0.1) is 13.2 Å². The Labute approximate surface area is 144 Å². The fourth-order valence-electron chi connectivity index (χ4n) is 3.71. The highest BCUT2D eigenvalue weighted by atomic mass is 16.7. The molecule has 2 saturated heterocycles. The maximum atomic E-state index is 12.7. The third-order valence-electron chi connectivity index (χ3n) is 5.18. The average Bonchev–Trinajstić information content (AvgIpc) is 3.10. The average molecular weight is 332 g/mol. The smallest absolute Gasteiger partial charge is 0.223 e. The molecule has 0 bridgehead atoms. The molecule has 0 aliphatic carbocycles. The van der Waals surface area contributed by atoms with E-state index in [1.54, 1.807) is 7.11 Å². The highest BCUT2D eigenvalue weighted by Crippen LogP contribution is 2.25. The number of nitrogens with zero attached hydrogens (tertiary/aromatic N) is 2. The summed E-state index contributed by atoms with van der Waals surface area (Å²) < 4.78 is 5.87. The van der Waals surface area contributed by atoms with E-state index in [4.69, 9.17) is 9.57 Å². The van der Waals surface area contributed by atoms with Crippen LogP contribution in [0, 0.1) is 5.92 Å². The zero-order valence-electron chi connectivity index (χ0n) is 14.5. The molecule has 2 fully saturated rings. The lowest BCUT2D eigenvalue weighted by Gasteiger charge is -2.31. The van der Waals surface area contributed by atoms with Gasteiger partial charge in [0.15, 0.2) is 0 Å². The van der Waals surface area contributed by atoms with Crippen molar-refractivity contribution in [2.75, 3.05) is 33.4 Å². The van der Waals surface area contributed by atoms with E-state index in [-0.39, 0.29) is 6.04 Å². The van der Waals surface area contributed by atoms with Crippen LogP contribution in [-0.2, 0) is 9.63 Å². The molecule has 0 unspecified atom stereocenters. The molecule has 24 heavy (non-hydrogen) atoms. The second-order valence-electron chi connectivity index (χ2n) is 6.77. The van der Waals surface area contributed by atoms with Gasteiger partial charge in [-0.15, -0.1) is 0 Å². The summed E-state index contributed by atoms with van der Waals surface area (Å²) in [6.07, 6.45) is 4.87. The summed E-state index contributed by atoms with van der Waals surface area (Å²) in [6.45, 7) is 3.32. The number of para-hydroxylation sites is 1. The van der Waals surface area contributed by atoms with E-state index in [9.17, 15) is 4.79 Å². The van der Waals surface area contributed by atoms with E-state index in [0.29, 0.717) is 24.9 Å². The number of rotatable bonds is 6. The van der Waals surface area contributed by atoms with Gasteiger partial charge in [-0.2, -0.15) is 5.06 Å². The maximum absolute atomic E-state index is 12.7. The van der Waals surface area contributed by atoms with Crippen molar-refractivity contribution in [2.24, 2.45) is 5.92 Å². The lowest BCUT2D eigenvalue weighted by Crippen LogP contribution is -2.41. The summed E-state index contributed by atoms with van der Waals surface area (Å²) in [7, 11) is 1.72. The number of hydroxylamine groups is 2. The fraction of sp³-hybridized carbons (Fsp3) is 0.632. The Morgan fingerprint density at radius 3 is 2.58 bits per heavy atom. The van der Waals surface area contributed by atoms with Crippen LogP contribution in [0.15, 0.2) is 30.3 Å². The maximum Gasteiger partial charge on any atom is 0.223 e. The normalized spacial score (nSPS) is 22.7. The largest absolute Gasteiger partial charge is 0.491 e. The minimum Gasteiger partial charge on any atom is -0.491 e. The highest BCUT2D eigenvalue weighted by molar-refractivity contribution is 5.77. The summed E-state index contributed by atoms with van der Waals surface area (Å²) in [4.78, 5) is 20.0. The summed E-state index contributed by atoms with van der Waals surface area (Å²) in [5.74, 6) is 1.66. The first-order valence-electron chi connectivity index (χ1n) is 9.02. The van der Waals surface area contributed by atoms with E-state index in [0.717, 1.165) is 51.1 Å². The zero-order chi connectivity index (χ0) is 16.8. The van der Waals surface area contributed by atoms with Crippen LogP contribution in [0.4, 0.5) is 0 Å². The Balaban J connectivity index is 1.47. The van der Waals surface area contributed by atoms with Gasteiger partial charge in [-0.1, -0.05) is 18.2 Å². The van der Waals surface area contributed by atoms with Crippen molar-refractivity contribution in [3.63, 3.8) is 0 Å². The molecular formula is C19H28N2O3. The number of amides is 1. The van der Waals surface area contributed by atoms with E-state index in [2.05, 4.69) is 0 Å². The SMILES string of the molecule is CON1CCC(CC(=O)N2CCC[C@H]2COc2ccccc2)CC1. The van der Waals surface area contributed by atoms with Crippen LogP contribution in [0.3, 0.4) is 0 Å². The Hall–Kier alpha value is -1.59. The first-order chi connectivity index (χ1) is 11.8. The fourth-order valence-corrected chi connectivity index (χ4v) is 3.71. The molecule has 5 nitrogen and oxygen atoms in total. The Bertz CT molecular complexity index is 515. The third kappa shape index (κ3) is 4.48. The zero-order valence-corrected chi connectivity index (χ0v) is 14.5. The van der Waals surface area contributed by atoms with Crippen LogP contribution in [0.1, 0.15) is 32.1 Å². The Morgan fingerprint density at radius 2 is 1.88 bits per heavy atom. The number of carbonyl (C=O) groups is 1. The van der Waals surface area contributed by atoms with Crippen molar-refractivity contribution in [2.45, 2.75) is 38.1 Å². The standard InChI is InChI=1S/C19H28N2O3/c1-23-20-12-9-16(10-13-20)14-19(22)21-11-5-6-17(21)15-24-18-7-3-2-4-8-18/h2-4,7-8,16-17H,5-6,9-15H2,1H3/t17-/m0/s1. The van der Waals surface area contributed by atoms with E-state index < -0.39 is 0 Å². The number of likely N-dealkylation sites (tertiary alicyclic amines) is 1. The molecule has 0 saturated carbocycles. The first kappa shape index (κ1) is 17.2. The Kier molecular flexibility index (Phi) is 6.10. The van der Waals surface area contributed by atoms with Gasteiger partial charge in [0.25, 0.3) is 0 Å². The quantitative estimate of drug-likeness (QED) is 0.803. The molecule has 0 radical (unpaired) electrons. The molecule has 2 aliphatic heterocycles. The van der Waals surface area contributed by atoms with Crippen LogP contribution in [0.5, 0.6) is 5.75 Å². The van der Waals surface area contributed by atoms with Gasteiger partial charge in [0.1, 0.15) is 12.4 Å². The number of carbonyl (C=O) groups excluding carboxylic acids is 1. The van der Waals surface area contributed by atoms with Crippen LogP contribution >= 0.6 is 0 Å². The molecule has 0 spiro atoms. The molecule has 1 atom stereocenters. The molecule has 1 amide bonds. The van der Waals surface area contributed by atoms with Crippen molar-refractivity contribution in [1.29, 1.82) is 0 Å². The number of hydrogen-bond acceptors (Lipinski definition) is 4. The van der Waals surface area contributed by atoms with Gasteiger partial charge in [-0.3, -0.25) is 4.79 Å². The molecule has 0 aromatic heterocycles. The lowest BCUT2D eigenvalue weighted by molar-refractivity contribution is -0.151. The minimum absolute atomic E-state index is 0.219. The van der Waals surface area contributed by atoms with Crippen molar-refractivity contribution >= 4 is 5.91 Å². The van der Waals surface area contributed by atoms with E-state index in [1.807, 2.05) is 40.3 Å². The molecule has 1 aromatic carbocycles. The molecule has 5 heteroatoms. The van der Waals surface area contributed by atoms with Crippen molar-refractivity contribution in [1.82, 2.24) is 9.96 Å². The number of hydrogen-bond donors (Lipinski definition) is 0.